The van der Waals surface area contributed by atoms with Gasteiger partial charge < -0.3 is 5.32 Å². The molecule has 20 heavy (non-hydrogen) atoms. The molecule has 0 amide bonds. The first-order chi connectivity index (χ1) is 9.63. The van der Waals surface area contributed by atoms with Crippen LogP contribution in [0.1, 0.15) is 44.4 Å². The number of hydrogen-bond donors (Lipinski definition) is 1. The van der Waals surface area contributed by atoms with Crippen molar-refractivity contribution in [1.82, 2.24) is 15.1 Å². The fourth-order valence-electron chi connectivity index (χ4n) is 2.33. The molecule has 108 valence electrons. The molecule has 3 nitrogen and oxygen atoms in total. The van der Waals surface area contributed by atoms with Crippen LogP contribution < -0.4 is 5.32 Å². The van der Waals surface area contributed by atoms with E-state index in [9.17, 15) is 0 Å². The molecule has 0 fully saturated rings. The Morgan fingerprint density at radius 2 is 1.95 bits per heavy atom. The van der Waals surface area contributed by atoms with Crippen molar-refractivity contribution in [2.24, 2.45) is 0 Å². The van der Waals surface area contributed by atoms with Crippen LogP contribution in [-0.2, 0) is 6.54 Å². The van der Waals surface area contributed by atoms with Crippen LogP contribution >= 0.6 is 15.9 Å². The molecule has 1 aromatic carbocycles. The van der Waals surface area contributed by atoms with Crippen molar-refractivity contribution < 1.29 is 0 Å². The molecule has 0 bridgehead atoms. The summed E-state index contributed by atoms with van der Waals surface area (Å²) in [4.78, 5) is 0. The number of benzene rings is 1. The molecule has 0 atom stereocenters. The van der Waals surface area contributed by atoms with Gasteiger partial charge in [-0.2, -0.15) is 5.10 Å². The van der Waals surface area contributed by atoms with E-state index in [2.05, 4.69) is 76.1 Å². The molecule has 0 radical (unpaired) electrons. The van der Waals surface area contributed by atoms with Gasteiger partial charge in [0.15, 0.2) is 0 Å². The zero-order valence-electron chi connectivity index (χ0n) is 12.4. The molecule has 0 aliphatic carbocycles. The molecule has 0 aliphatic heterocycles. The Labute approximate surface area is 129 Å². The van der Waals surface area contributed by atoms with Gasteiger partial charge in [0.2, 0.25) is 0 Å². The summed E-state index contributed by atoms with van der Waals surface area (Å²) in [6, 6.07) is 8.28. The number of nitrogens with one attached hydrogen (secondary N) is 1. The lowest BCUT2D eigenvalue weighted by Crippen LogP contribution is -2.15. The Kier molecular flexibility index (Phi) is 5.38. The maximum atomic E-state index is 4.58. The molecule has 1 aromatic heterocycles. The van der Waals surface area contributed by atoms with Crippen molar-refractivity contribution >= 4 is 15.9 Å². The maximum Gasteiger partial charge on any atom is 0.0649 e. The van der Waals surface area contributed by atoms with Crippen molar-refractivity contribution in [2.75, 3.05) is 6.54 Å². The van der Waals surface area contributed by atoms with Crippen LogP contribution in [0.3, 0.4) is 0 Å². The zero-order chi connectivity index (χ0) is 14.5. The minimum Gasteiger partial charge on any atom is -0.313 e. The first kappa shape index (κ1) is 15.3. The fraction of sp³-hybridized carbons (Fsp3) is 0.438. The monoisotopic (exact) mass is 335 g/mol. The zero-order valence-corrected chi connectivity index (χ0v) is 13.9. The summed E-state index contributed by atoms with van der Waals surface area (Å²) in [5.41, 5.74) is 3.69. The summed E-state index contributed by atoms with van der Waals surface area (Å²) in [5.74, 6) is 0.444. The smallest absolute Gasteiger partial charge is 0.0649 e. The molecule has 2 aromatic rings. The Morgan fingerprint density at radius 3 is 2.55 bits per heavy atom. The molecule has 0 unspecified atom stereocenters. The Balaban J connectivity index is 2.31. The predicted octanol–water partition coefficient (Wildman–Crippen LogP) is 4.26. The summed E-state index contributed by atoms with van der Waals surface area (Å²) >= 11 is 3.47. The lowest BCUT2D eigenvalue weighted by molar-refractivity contribution is 0.658. The van der Waals surface area contributed by atoms with Gasteiger partial charge in [-0.1, -0.05) is 36.7 Å². The van der Waals surface area contributed by atoms with Gasteiger partial charge in [0.1, 0.15) is 0 Å². The first-order valence-electron chi connectivity index (χ1n) is 7.17. The van der Waals surface area contributed by atoms with Gasteiger partial charge in [0.25, 0.3) is 0 Å². The van der Waals surface area contributed by atoms with E-state index in [1.165, 1.54) is 11.3 Å². The van der Waals surface area contributed by atoms with Gasteiger partial charge in [-0.25, -0.2) is 4.68 Å². The molecular weight excluding hydrogens is 314 g/mol. The molecular formula is C16H22BrN3. The van der Waals surface area contributed by atoms with E-state index in [1.54, 1.807) is 0 Å². The minimum absolute atomic E-state index is 0.444. The number of aromatic nitrogens is 2. The molecule has 1 N–H and O–H groups in total. The van der Waals surface area contributed by atoms with Gasteiger partial charge in [0.05, 0.1) is 17.6 Å². The number of halogens is 1. The molecule has 2 rings (SSSR count). The van der Waals surface area contributed by atoms with Crippen LogP contribution in [0.5, 0.6) is 0 Å². The highest BCUT2D eigenvalue weighted by atomic mass is 79.9. The Morgan fingerprint density at radius 1 is 1.25 bits per heavy atom. The van der Waals surface area contributed by atoms with E-state index in [0.29, 0.717) is 5.92 Å². The largest absolute Gasteiger partial charge is 0.313 e. The van der Waals surface area contributed by atoms with E-state index in [0.717, 1.165) is 29.7 Å². The van der Waals surface area contributed by atoms with Crippen LogP contribution in [-0.4, -0.2) is 16.3 Å². The van der Waals surface area contributed by atoms with Gasteiger partial charge in [-0.15, -0.1) is 0 Å². The summed E-state index contributed by atoms with van der Waals surface area (Å²) in [6.45, 7) is 8.55. The Hall–Kier alpha value is -1.13. The van der Waals surface area contributed by atoms with E-state index in [-0.39, 0.29) is 0 Å². The highest BCUT2D eigenvalue weighted by Gasteiger charge is 2.15. The summed E-state index contributed by atoms with van der Waals surface area (Å²) in [7, 11) is 0. The number of rotatable bonds is 6. The molecule has 4 heteroatoms. The van der Waals surface area contributed by atoms with Gasteiger partial charge >= 0.3 is 0 Å². The molecule has 0 aliphatic rings. The highest BCUT2D eigenvalue weighted by Crippen LogP contribution is 2.23. The molecule has 1 heterocycles. The van der Waals surface area contributed by atoms with Crippen LogP contribution in [0, 0.1) is 0 Å². The van der Waals surface area contributed by atoms with Crippen LogP contribution in [0.4, 0.5) is 0 Å². The van der Waals surface area contributed by atoms with E-state index < -0.39 is 0 Å². The normalized spacial score (nSPS) is 11.2. The topological polar surface area (TPSA) is 29.9 Å². The van der Waals surface area contributed by atoms with Gasteiger partial charge in [-0.3, -0.25) is 0 Å². The lowest BCUT2D eigenvalue weighted by atomic mass is 10.1. The van der Waals surface area contributed by atoms with Crippen LogP contribution in [0.15, 0.2) is 34.9 Å². The molecule has 0 saturated carbocycles. The predicted molar refractivity (Wildman–Crippen MR) is 87.4 cm³/mol. The molecule has 0 spiro atoms. The third kappa shape index (κ3) is 3.49. The van der Waals surface area contributed by atoms with E-state index in [1.807, 2.05) is 6.20 Å². The average molecular weight is 336 g/mol. The number of hydrogen-bond acceptors (Lipinski definition) is 2. The van der Waals surface area contributed by atoms with Gasteiger partial charge in [0, 0.05) is 16.6 Å². The van der Waals surface area contributed by atoms with Crippen LogP contribution in [0.25, 0.3) is 5.69 Å². The summed E-state index contributed by atoms with van der Waals surface area (Å²) < 4.78 is 3.14. The second-order valence-corrected chi connectivity index (χ2v) is 6.19. The minimum atomic E-state index is 0.444. The van der Waals surface area contributed by atoms with Crippen molar-refractivity contribution in [3.8, 4) is 5.69 Å². The van der Waals surface area contributed by atoms with Crippen molar-refractivity contribution in [3.05, 3.63) is 46.2 Å². The second-order valence-electron chi connectivity index (χ2n) is 5.27. The first-order valence-corrected chi connectivity index (χ1v) is 7.96. The van der Waals surface area contributed by atoms with Crippen molar-refractivity contribution in [3.63, 3.8) is 0 Å². The fourth-order valence-corrected chi connectivity index (χ4v) is 2.60. The number of nitrogens with zero attached hydrogens (tertiary/aromatic N) is 2. The van der Waals surface area contributed by atoms with Crippen LogP contribution in [0.2, 0.25) is 0 Å². The maximum absolute atomic E-state index is 4.58. The van der Waals surface area contributed by atoms with Gasteiger partial charge in [-0.05, 0) is 43.1 Å². The lowest BCUT2D eigenvalue weighted by Gasteiger charge is -2.13. The Bertz CT molecular complexity index is 543. The second kappa shape index (κ2) is 7.04. The van der Waals surface area contributed by atoms with E-state index >= 15 is 0 Å². The average Bonchev–Trinajstić information content (AvgIpc) is 2.84. The molecule has 0 saturated heterocycles. The summed E-state index contributed by atoms with van der Waals surface area (Å²) in [5, 5.41) is 8.04. The highest BCUT2D eigenvalue weighted by molar-refractivity contribution is 9.10. The van der Waals surface area contributed by atoms with Crippen molar-refractivity contribution in [1.29, 1.82) is 0 Å². The van der Waals surface area contributed by atoms with E-state index in [4.69, 9.17) is 0 Å². The standard InChI is InChI=1S/C16H22BrN3/c1-4-9-18-10-13-11-19-20(16(13)12(2)3)15-7-5-14(17)6-8-15/h5-8,11-12,18H,4,9-10H2,1-3H3. The third-order valence-corrected chi connectivity index (χ3v) is 3.78. The SMILES string of the molecule is CCCNCc1cnn(-c2ccc(Br)cc2)c1C(C)C. The quantitative estimate of drug-likeness (QED) is 0.799. The third-order valence-electron chi connectivity index (χ3n) is 3.25. The summed E-state index contributed by atoms with van der Waals surface area (Å²) in [6.07, 6.45) is 3.14. The van der Waals surface area contributed by atoms with Crippen molar-refractivity contribution in [2.45, 2.75) is 39.7 Å².